The summed E-state index contributed by atoms with van der Waals surface area (Å²) in [6.07, 6.45) is 0. The van der Waals surface area contributed by atoms with Gasteiger partial charge in [-0.3, -0.25) is 4.79 Å². The van der Waals surface area contributed by atoms with Crippen LogP contribution in [0.5, 0.6) is 5.75 Å². The highest BCUT2D eigenvalue weighted by Gasteiger charge is 2.30. The average molecular weight is 492 g/mol. The van der Waals surface area contributed by atoms with Gasteiger partial charge in [-0.05, 0) is 42.5 Å². The van der Waals surface area contributed by atoms with Gasteiger partial charge in [0.1, 0.15) is 11.6 Å². The number of rotatable bonds is 5. The number of benzene rings is 2. The first kappa shape index (κ1) is 21.0. The van der Waals surface area contributed by atoms with Gasteiger partial charge in [-0.2, -0.15) is 4.31 Å². The van der Waals surface area contributed by atoms with Crippen molar-refractivity contribution in [3.05, 3.63) is 57.8 Å². The van der Waals surface area contributed by atoms with Crippen molar-refractivity contribution < 1.29 is 22.3 Å². The second-order valence-electron chi connectivity index (χ2n) is 6.10. The molecule has 0 N–H and O–H groups in total. The van der Waals surface area contributed by atoms with Crippen molar-refractivity contribution in [3.63, 3.8) is 0 Å². The van der Waals surface area contributed by atoms with E-state index in [1.165, 1.54) is 10.4 Å². The van der Waals surface area contributed by atoms with Crippen LogP contribution >= 0.6 is 27.5 Å². The molecular weight excluding hydrogens is 475 g/mol. The van der Waals surface area contributed by atoms with Gasteiger partial charge in [-0.15, -0.1) is 0 Å². The largest absolute Gasteiger partial charge is 0.484 e. The molecule has 3 rings (SSSR count). The molecule has 1 heterocycles. The molecule has 1 aliphatic rings. The van der Waals surface area contributed by atoms with Gasteiger partial charge in [0, 0.05) is 30.7 Å². The molecule has 1 aliphatic heterocycles. The summed E-state index contributed by atoms with van der Waals surface area (Å²) in [6, 6.07) is 10.4. The maximum Gasteiger partial charge on any atom is 0.260 e. The van der Waals surface area contributed by atoms with Crippen LogP contribution in [-0.2, 0) is 14.8 Å². The minimum absolute atomic E-state index is 0.0720. The van der Waals surface area contributed by atoms with Gasteiger partial charge in [0.25, 0.3) is 5.91 Å². The Morgan fingerprint density at radius 3 is 2.36 bits per heavy atom. The van der Waals surface area contributed by atoms with Gasteiger partial charge < -0.3 is 9.64 Å². The maximum atomic E-state index is 13.3. The van der Waals surface area contributed by atoms with E-state index in [0.29, 0.717) is 5.75 Å². The molecule has 10 heteroatoms. The molecule has 0 spiro atoms. The number of ether oxygens (including phenoxy) is 1. The summed E-state index contributed by atoms with van der Waals surface area (Å²) >= 11 is 9.01. The van der Waals surface area contributed by atoms with Crippen molar-refractivity contribution >= 4 is 43.5 Å². The summed E-state index contributed by atoms with van der Waals surface area (Å²) in [5, 5.41) is -0.250. The van der Waals surface area contributed by atoms with Crippen molar-refractivity contribution in [1.82, 2.24) is 9.21 Å². The number of carbonyl (C=O) groups excluding carboxylic acids is 1. The smallest absolute Gasteiger partial charge is 0.260 e. The lowest BCUT2D eigenvalue weighted by Gasteiger charge is -2.34. The number of halogens is 3. The zero-order valence-electron chi connectivity index (χ0n) is 14.6. The number of nitrogens with zero attached hydrogens (tertiary/aromatic N) is 2. The molecular formula is C18H17BrClFN2O4S. The fourth-order valence-electron chi connectivity index (χ4n) is 2.73. The Morgan fingerprint density at radius 2 is 1.75 bits per heavy atom. The van der Waals surface area contributed by atoms with E-state index in [9.17, 15) is 17.6 Å². The summed E-state index contributed by atoms with van der Waals surface area (Å²) in [5.41, 5.74) is 0. The normalized spacial score (nSPS) is 15.5. The molecule has 150 valence electrons. The molecule has 28 heavy (non-hydrogen) atoms. The molecule has 0 bridgehead atoms. The molecule has 0 saturated carbocycles. The first-order valence-corrected chi connectivity index (χ1v) is 11.0. The Balaban J connectivity index is 1.56. The van der Waals surface area contributed by atoms with Crippen LogP contribution in [0, 0.1) is 5.82 Å². The maximum absolute atomic E-state index is 13.3. The van der Waals surface area contributed by atoms with Crippen molar-refractivity contribution in [1.29, 1.82) is 0 Å². The van der Waals surface area contributed by atoms with Crippen LogP contribution in [0.3, 0.4) is 0 Å². The zero-order valence-corrected chi connectivity index (χ0v) is 17.8. The van der Waals surface area contributed by atoms with Crippen molar-refractivity contribution in [2.24, 2.45) is 0 Å². The van der Waals surface area contributed by atoms with E-state index >= 15 is 0 Å². The Hall–Kier alpha value is -1.68. The van der Waals surface area contributed by atoms with E-state index in [-0.39, 0.29) is 48.6 Å². The van der Waals surface area contributed by atoms with Crippen LogP contribution in [0.25, 0.3) is 0 Å². The fourth-order valence-corrected chi connectivity index (χ4v) is 4.69. The molecule has 1 amide bonds. The van der Waals surface area contributed by atoms with E-state index in [0.717, 1.165) is 16.6 Å². The molecule has 0 unspecified atom stereocenters. The lowest BCUT2D eigenvalue weighted by Crippen LogP contribution is -2.51. The van der Waals surface area contributed by atoms with Crippen LogP contribution < -0.4 is 4.74 Å². The number of amides is 1. The molecule has 1 fully saturated rings. The van der Waals surface area contributed by atoms with Gasteiger partial charge >= 0.3 is 0 Å². The molecule has 0 radical (unpaired) electrons. The highest BCUT2D eigenvalue weighted by atomic mass is 79.9. The summed E-state index contributed by atoms with van der Waals surface area (Å²) in [6.45, 7) is 0.651. The Morgan fingerprint density at radius 1 is 1.11 bits per heavy atom. The SMILES string of the molecule is O=C(COc1ccc(Br)cc1)N1CCN(S(=O)(=O)c2ccc(F)c(Cl)c2)CC1. The van der Waals surface area contributed by atoms with Crippen molar-refractivity contribution in [3.8, 4) is 5.75 Å². The number of carbonyl (C=O) groups is 1. The van der Waals surface area contributed by atoms with Gasteiger partial charge in [-0.1, -0.05) is 27.5 Å². The zero-order chi connectivity index (χ0) is 20.3. The van der Waals surface area contributed by atoms with E-state index in [2.05, 4.69) is 15.9 Å². The molecule has 0 aliphatic carbocycles. The third-order valence-corrected chi connectivity index (χ3v) is 7.01. The fraction of sp³-hybridized carbons (Fsp3) is 0.278. The van der Waals surface area contributed by atoms with E-state index in [1.807, 2.05) is 12.1 Å². The molecule has 2 aromatic carbocycles. The molecule has 1 saturated heterocycles. The highest BCUT2D eigenvalue weighted by molar-refractivity contribution is 9.10. The molecule has 6 nitrogen and oxygen atoms in total. The summed E-state index contributed by atoms with van der Waals surface area (Å²) < 4.78 is 46.3. The van der Waals surface area contributed by atoms with E-state index in [1.54, 1.807) is 17.0 Å². The second-order valence-corrected chi connectivity index (χ2v) is 9.36. The molecule has 0 atom stereocenters. The topological polar surface area (TPSA) is 66.9 Å². The van der Waals surface area contributed by atoms with Crippen LogP contribution in [0.15, 0.2) is 51.8 Å². The number of hydrogen-bond donors (Lipinski definition) is 0. The molecule has 0 aromatic heterocycles. The highest BCUT2D eigenvalue weighted by Crippen LogP contribution is 2.23. The third kappa shape index (κ3) is 4.83. The van der Waals surface area contributed by atoms with Gasteiger partial charge in [0.15, 0.2) is 6.61 Å². The number of hydrogen-bond acceptors (Lipinski definition) is 4. The van der Waals surface area contributed by atoms with Crippen LogP contribution in [-0.4, -0.2) is 56.3 Å². The summed E-state index contributed by atoms with van der Waals surface area (Å²) in [7, 11) is -3.80. The van der Waals surface area contributed by atoms with Crippen LogP contribution in [0.2, 0.25) is 5.02 Å². The van der Waals surface area contributed by atoms with Gasteiger partial charge in [0.2, 0.25) is 10.0 Å². The monoisotopic (exact) mass is 490 g/mol. The summed E-state index contributed by atoms with van der Waals surface area (Å²) in [4.78, 5) is 13.8. The van der Waals surface area contributed by atoms with E-state index < -0.39 is 15.8 Å². The van der Waals surface area contributed by atoms with Crippen LogP contribution in [0.4, 0.5) is 4.39 Å². The predicted octanol–water partition coefficient (Wildman–Crippen LogP) is 3.15. The lowest BCUT2D eigenvalue weighted by molar-refractivity contribution is -0.134. The van der Waals surface area contributed by atoms with Gasteiger partial charge in [0.05, 0.1) is 9.92 Å². The van der Waals surface area contributed by atoms with Crippen molar-refractivity contribution in [2.45, 2.75) is 4.90 Å². The third-order valence-electron chi connectivity index (χ3n) is 4.30. The Labute approximate surface area is 176 Å². The number of sulfonamides is 1. The standard InChI is InChI=1S/C18H17BrClFN2O4S/c19-13-1-3-14(4-2-13)27-12-18(24)22-7-9-23(10-8-22)28(25,26)15-5-6-17(21)16(20)11-15/h1-6,11H,7-10,12H2. The van der Waals surface area contributed by atoms with Crippen molar-refractivity contribution in [2.75, 3.05) is 32.8 Å². The van der Waals surface area contributed by atoms with E-state index in [4.69, 9.17) is 16.3 Å². The molecule has 2 aromatic rings. The first-order chi connectivity index (χ1) is 13.3. The number of piperazine rings is 1. The van der Waals surface area contributed by atoms with Gasteiger partial charge in [-0.25, -0.2) is 12.8 Å². The second kappa shape index (κ2) is 8.77. The Bertz CT molecular complexity index is 964. The minimum Gasteiger partial charge on any atom is -0.484 e. The minimum atomic E-state index is -3.80. The van der Waals surface area contributed by atoms with Crippen LogP contribution in [0.1, 0.15) is 0 Å². The quantitative estimate of drug-likeness (QED) is 0.644. The summed E-state index contributed by atoms with van der Waals surface area (Å²) in [5.74, 6) is -0.322. The predicted molar refractivity (Wildman–Crippen MR) is 106 cm³/mol. The first-order valence-electron chi connectivity index (χ1n) is 8.39. The Kier molecular flexibility index (Phi) is 6.59. The average Bonchev–Trinajstić information content (AvgIpc) is 2.69. The lowest BCUT2D eigenvalue weighted by atomic mass is 10.3.